The van der Waals surface area contributed by atoms with Gasteiger partial charge in [0.1, 0.15) is 4.90 Å². The number of sulfonamides is 1. The van der Waals surface area contributed by atoms with E-state index in [4.69, 9.17) is 0 Å². The summed E-state index contributed by atoms with van der Waals surface area (Å²) in [6, 6.07) is 1.55. The van der Waals surface area contributed by atoms with E-state index in [1.54, 1.807) is 16.8 Å². The molecule has 0 atom stereocenters. The van der Waals surface area contributed by atoms with Gasteiger partial charge < -0.3 is 9.67 Å². The number of aliphatic hydroxyl groups is 1. The molecule has 18 heavy (non-hydrogen) atoms. The van der Waals surface area contributed by atoms with Gasteiger partial charge in [0.15, 0.2) is 0 Å². The standard InChI is InChI=1S/C12H22N2O3S/c1-4-7-14(6-3)18(16,17)12-8-11(10-15)13(5-2)9-12/h8-9,15H,4-7,10H2,1-3H3. The predicted molar refractivity (Wildman–Crippen MR) is 70.8 cm³/mol. The first kappa shape index (κ1) is 15.2. The van der Waals surface area contributed by atoms with Gasteiger partial charge in [-0.15, -0.1) is 0 Å². The number of rotatable bonds is 7. The highest BCUT2D eigenvalue weighted by Crippen LogP contribution is 2.19. The third kappa shape index (κ3) is 2.93. The Balaban J connectivity index is 3.15. The minimum Gasteiger partial charge on any atom is -0.390 e. The van der Waals surface area contributed by atoms with Crippen molar-refractivity contribution in [3.8, 4) is 0 Å². The zero-order chi connectivity index (χ0) is 13.8. The fourth-order valence-corrected chi connectivity index (χ4v) is 3.55. The van der Waals surface area contributed by atoms with E-state index in [0.717, 1.165) is 6.42 Å². The van der Waals surface area contributed by atoms with Crippen molar-refractivity contribution in [2.75, 3.05) is 13.1 Å². The molecule has 0 unspecified atom stereocenters. The Labute approximate surface area is 109 Å². The Morgan fingerprint density at radius 1 is 1.33 bits per heavy atom. The number of aliphatic hydroxyl groups excluding tert-OH is 1. The molecule has 104 valence electrons. The molecule has 0 saturated heterocycles. The molecule has 0 radical (unpaired) electrons. The van der Waals surface area contributed by atoms with Crippen LogP contribution in [0.2, 0.25) is 0 Å². The molecule has 0 aliphatic carbocycles. The van der Waals surface area contributed by atoms with Crippen LogP contribution in [-0.2, 0) is 23.2 Å². The van der Waals surface area contributed by atoms with Gasteiger partial charge in [-0.05, 0) is 19.4 Å². The summed E-state index contributed by atoms with van der Waals surface area (Å²) in [6.45, 7) is 7.17. The molecule has 0 fully saturated rings. The first-order valence-corrected chi connectivity index (χ1v) is 7.75. The van der Waals surface area contributed by atoms with Gasteiger partial charge in [0.05, 0.1) is 6.61 Å². The maximum Gasteiger partial charge on any atom is 0.244 e. The lowest BCUT2D eigenvalue weighted by molar-refractivity contribution is 0.271. The molecule has 1 heterocycles. The summed E-state index contributed by atoms with van der Waals surface area (Å²) in [4.78, 5) is 0.267. The van der Waals surface area contributed by atoms with E-state index < -0.39 is 10.0 Å². The van der Waals surface area contributed by atoms with E-state index in [1.807, 2.05) is 20.8 Å². The first-order chi connectivity index (χ1) is 8.51. The van der Waals surface area contributed by atoms with Gasteiger partial charge >= 0.3 is 0 Å². The van der Waals surface area contributed by atoms with Crippen LogP contribution in [0, 0.1) is 0 Å². The Bertz CT molecular complexity index is 458. The van der Waals surface area contributed by atoms with Crippen LogP contribution in [0.4, 0.5) is 0 Å². The van der Waals surface area contributed by atoms with Gasteiger partial charge in [-0.25, -0.2) is 8.42 Å². The van der Waals surface area contributed by atoms with Crippen molar-refractivity contribution in [3.63, 3.8) is 0 Å². The van der Waals surface area contributed by atoms with Crippen molar-refractivity contribution < 1.29 is 13.5 Å². The number of aryl methyl sites for hydroxylation is 1. The van der Waals surface area contributed by atoms with Crippen LogP contribution >= 0.6 is 0 Å². The van der Waals surface area contributed by atoms with E-state index in [9.17, 15) is 13.5 Å². The maximum absolute atomic E-state index is 12.4. The Kier molecular flexibility index (Phi) is 5.37. The quantitative estimate of drug-likeness (QED) is 0.818. The summed E-state index contributed by atoms with van der Waals surface area (Å²) in [6.07, 6.45) is 2.38. The Morgan fingerprint density at radius 2 is 2.00 bits per heavy atom. The van der Waals surface area contributed by atoms with Crippen LogP contribution in [0.25, 0.3) is 0 Å². The van der Waals surface area contributed by atoms with Crippen molar-refractivity contribution in [2.45, 2.75) is 45.2 Å². The lowest BCUT2D eigenvalue weighted by atomic mass is 10.4. The SMILES string of the molecule is CCCN(CC)S(=O)(=O)c1cc(CO)n(CC)c1. The van der Waals surface area contributed by atoms with E-state index in [2.05, 4.69) is 0 Å². The molecule has 1 aromatic heterocycles. The van der Waals surface area contributed by atoms with Gasteiger partial charge in [-0.2, -0.15) is 4.31 Å². The molecular weight excluding hydrogens is 252 g/mol. The molecule has 0 aliphatic heterocycles. The average Bonchev–Trinajstić information content (AvgIpc) is 2.79. The second kappa shape index (κ2) is 6.36. The fraction of sp³-hybridized carbons (Fsp3) is 0.667. The average molecular weight is 274 g/mol. The van der Waals surface area contributed by atoms with E-state index >= 15 is 0 Å². The highest BCUT2D eigenvalue weighted by Gasteiger charge is 2.24. The van der Waals surface area contributed by atoms with Gasteiger partial charge in [-0.3, -0.25) is 0 Å². The van der Waals surface area contributed by atoms with Gasteiger partial charge in [0.2, 0.25) is 10.0 Å². The summed E-state index contributed by atoms with van der Waals surface area (Å²) < 4.78 is 28.0. The van der Waals surface area contributed by atoms with Crippen molar-refractivity contribution >= 4 is 10.0 Å². The van der Waals surface area contributed by atoms with Crippen LogP contribution in [-0.4, -0.2) is 35.5 Å². The molecule has 0 amide bonds. The topological polar surface area (TPSA) is 62.5 Å². The maximum atomic E-state index is 12.4. The summed E-state index contributed by atoms with van der Waals surface area (Å²) in [5.74, 6) is 0. The normalized spacial score (nSPS) is 12.3. The van der Waals surface area contributed by atoms with Gasteiger partial charge in [0.25, 0.3) is 0 Å². The predicted octanol–water partition coefficient (Wildman–Crippen LogP) is 1.42. The molecule has 5 nitrogen and oxygen atoms in total. The monoisotopic (exact) mass is 274 g/mol. The van der Waals surface area contributed by atoms with Crippen molar-refractivity contribution in [1.29, 1.82) is 0 Å². The van der Waals surface area contributed by atoms with Crippen molar-refractivity contribution in [1.82, 2.24) is 8.87 Å². The van der Waals surface area contributed by atoms with Crippen molar-refractivity contribution in [3.05, 3.63) is 18.0 Å². The van der Waals surface area contributed by atoms with Crippen LogP contribution in [0.5, 0.6) is 0 Å². The zero-order valence-corrected chi connectivity index (χ0v) is 12.1. The van der Waals surface area contributed by atoms with Crippen LogP contribution in [0.15, 0.2) is 17.2 Å². The summed E-state index contributed by atoms with van der Waals surface area (Å²) in [5, 5.41) is 9.20. The lowest BCUT2D eigenvalue weighted by Crippen LogP contribution is -2.31. The van der Waals surface area contributed by atoms with E-state index in [1.165, 1.54) is 4.31 Å². The number of hydrogen-bond donors (Lipinski definition) is 1. The molecule has 0 saturated carbocycles. The lowest BCUT2D eigenvalue weighted by Gasteiger charge is -2.18. The molecule has 1 rings (SSSR count). The van der Waals surface area contributed by atoms with Gasteiger partial charge in [-0.1, -0.05) is 13.8 Å². The highest BCUT2D eigenvalue weighted by atomic mass is 32.2. The fourth-order valence-electron chi connectivity index (χ4n) is 1.94. The zero-order valence-electron chi connectivity index (χ0n) is 11.3. The van der Waals surface area contributed by atoms with Crippen molar-refractivity contribution in [2.24, 2.45) is 0 Å². The van der Waals surface area contributed by atoms with Crippen LogP contribution in [0.1, 0.15) is 32.9 Å². The second-order valence-corrected chi connectivity index (χ2v) is 6.05. The summed E-state index contributed by atoms with van der Waals surface area (Å²) in [5.41, 5.74) is 0.628. The van der Waals surface area contributed by atoms with Gasteiger partial charge in [0, 0.05) is 31.5 Å². The molecule has 0 spiro atoms. The summed E-state index contributed by atoms with van der Waals surface area (Å²) >= 11 is 0. The second-order valence-electron chi connectivity index (χ2n) is 4.11. The molecule has 0 aliphatic rings. The third-order valence-electron chi connectivity index (χ3n) is 2.93. The van der Waals surface area contributed by atoms with Crippen LogP contribution in [0.3, 0.4) is 0 Å². The molecule has 0 bridgehead atoms. The Morgan fingerprint density at radius 3 is 2.39 bits per heavy atom. The minimum atomic E-state index is -3.43. The summed E-state index contributed by atoms with van der Waals surface area (Å²) in [7, 11) is -3.43. The Hall–Kier alpha value is -0.850. The molecule has 6 heteroatoms. The minimum absolute atomic E-state index is 0.150. The van der Waals surface area contributed by atoms with E-state index in [-0.39, 0.29) is 11.5 Å². The number of aromatic nitrogens is 1. The molecule has 1 aromatic rings. The van der Waals surface area contributed by atoms with E-state index in [0.29, 0.717) is 25.3 Å². The third-order valence-corrected chi connectivity index (χ3v) is 4.87. The molecular formula is C12H22N2O3S. The van der Waals surface area contributed by atoms with Crippen LogP contribution < -0.4 is 0 Å². The molecule has 1 N–H and O–H groups in total. The highest BCUT2D eigenvalue weighted by molar-refractivity contribution is 7.89. The first-order valence-electron chi connectivity index (χ1n) is 6.31. The number of nitrogens with zero attached hydrogens (tertiary/aromatic N) is 2. The largest absolute Gasteiger partial charge is 0.390 e. The smallest absolute Gasteiger partial charge is 0.244 e. The number of hydrogen-bond acceptors (Lipinski definition) is 3. The molecule has 0 aromatic carbocycles.